The number of hydrogen-bond donors (Lipinski definition) is 3. The molecule has 1 aliphatic heterocycles. The fourth-order valence-corrected chi connectivity index (χ4v) is 2.00. The summed E-state index contributed by atoms with van der Waals surface area (Å²) in [6.45, 7) is 0.592. The minimum absolute atomic E-state index is 0.0367. The number of hydrogen-bond acceptors (Lipinski definition) is 5. The maximum atomic E-state index is 12.1. The van der Waals surface area contributed by atoms with E-state index in [1.54, 1.807) is 12.1 Å². The van der Waals surface area contributed by atoms with Gasteiger partial charge in [-0.15, -0.1) is 0 Å². The number of nitrogens with one attached hydrogen (secondary N) is 1. The van der Waals surface area contributed by atoms with Crippen molar-refractivity contribution in [3.8, 4) is 0 Å². The lowest BCUT2D eigenvalue weighted by molar-refractivity contribution is -0.148. The number of nitrogens with two attached hydrogens (primary N) is 1. The van der Waals surface area contributed by atoms with Crippen LogP contribution in [-0.4, -0.2) is 40.7 Å². The van der Waals surface area contributed by atoms with Crippen molar-refractivity contribution in [1.29, 1.82) is 0 Å². The number of nitrogen functional groups attached to an aromatic ring is 1. The highest BCUT2D eigenvalue weighted by Gasteiger charge is 2.42. The van der Waals surface area contributed by atoms with Gasteiger partial charge in [0.1, 0.15) is 5.54 Å². The summed E-state index contributed by atoms with van der Waals surface area (Å²) in [4.78, 5) is 27.4. The molecule has 19 heavy (non-hydrogen) atoms. The average molecular weight is 265 g/mol. The molecule has 0 aromatic carbocycles. The zero-order chi connectivity index (χ0) is 13.9. The first-order valence-corrected chi connectivity index (χ1v) is 5.89. The summed E-state index contributed by atoms with van der Waals surface area (Å²) in [5.41, 5.74) is 4.60. The summed E-state index contributed by atoms with van der Waals surface area (Å²) < 4.78 is 5.13. The van der Waals surface area contributed by atoms with Crippen molar-refractivity contribution in [2.75, 3.05) is 18.9 Å². The summed E-state index contributed by atoms with van der Waals surface area (Å²) in [5.74, 6) is -1.65. The lowest BCUT2D eigenvalue weighted by Crippen LogP contribution is -2.57. The summed E-state index contributed by atoms with van der Waals surface area (Å²) in [7, 11) is 0. The number of nitrogens with zero attached hydrogens (tertiary/aromatic N) is 1. The summed E-state index contributed by atoms with van der Waals surface area (Å²) >= 11 is 0. The number of amides is 1. The fraction of sp³-hybridized carbons (Fsp3) is 0.417. The van der Waals surface area contributed by atoms with Gasteiger partial charge in [-0.05, 0) is 12.1 Å². The van der Waals surface area contributed by atoms with Crippen LogP contribution < -0.4 is 11.1 Å². The third-order valence-electron chi connectivity index (χ3n) is 3.16. The van der Waals surface area contributed by atoms with Crippen LogP contribution in [0.5, 0.6) is 0 Å². The van der Waals surface area contributed by atoms with Crippen LogP contribution in [0.2, 0.25) is 0 Å². The molecule has 1 aromatic heterocycles. The third-order valence-corrected chi connectivity index (χ3v) is 3.16. The van der Waals surface area contributed by atoms with E-state index in [2.05, 4.69) is 10.3 Å². The number of carboxylic acids is 1. The van der Waals surface area contributed by atoms with Crippen LogP contribution >= 0.6 is 0 Å². The molecule has 4 N–H and O–H groups in total. The van der Waals surface area contributed by atoms with E-state index in [9.17, 15) is 14.7 Å². The summed E-state index contributed by atoms with van der Waals surface area (Å²) in [6.07, 6.45) is 1.88. The van der Waals surface area contributed by atoms with Crippen LogP contribution in [0, 0.1) is 0 Å². The van der Waals surface area contributed by atoms with Crippen molar-refractivity contribution < 1.29 is 19.4 Å². The number of aliphatic carboxylic acids is 1. The Balaban J connectivity index is 2.20. The van der Waals surface area contributed by atoms with E-state index in [1.807, 2.05) is 0 Å². The van der Waals surface area contributed by atoms with E-state index in [1.165, 1.54) is 6.20 Å². The van der Waals surface area contributed by atoms with Crippen molar-refractivity contribution in [2.45, 2.75) is 18.4 Å². The number of aromatic nitrogens is 1. The van der Waals surface area contributed by atoms with Crippen LogP contribution in [0.15, 0.2) is 18.3 Å². The maximum absolute atomic E-state index is 12.1. The topological polar surface area (TPSA) is 115 Å². The van der Waals surface area contributed by atoms with E-state index >= 15 is 0 Å². The van der Waals surface area contributed by atoms with Crippen LogP contribution in [0.25, 0.3) is 0 Å². The van der Waals surface area contributed by atoms with Crippen molar-refractivity contribution in [1.82, 2.24) is 10.3 Å². The van der Waals surface area contributed by atoms with Gasteiger partial charge in [-0.2, -0.15) is 0 Å². The second kappa shape index (κ2) is 5.23. The Morgan fingerprint density at radius 2 is 2.11 bits per heavy atom. The quantitative estimate of drug-likeness (QED) is 0.710. The highest BCUT2D eigenvalue weighted by molar-refractivity contribution is 6.00. The van der Waals surface area contributed by atoms with Crippen molar-refractivity contribution in [3.63, 3.8) is 0 Å². The Bertz CT molecular complexity index is 498. The summed E-state index contributed by atoms with van der Waals surface area (Å²) in [6, 6.07) is 3.15. The number of ether oxygens (including phenoxy) is 1. The first-order chi connectivity index (χ1) is 9.05. The van der Waals surface area contributed by atoms with Gasteiger partial charge in [-0.3, -0.25) is 4.79 Å². The normalized spacial score (nSPS) is 17.7. The van der Waals surface area contributed by atoms with Crippen molar-refractivity contribution in [3.05, 3.63) is 24.0 Å². The molecule has 7 nitrogen and oxygen atoms in total. The molecule has 0 radical (unpaired) electrons. The molecule has 102 valence electrons. The van der Waals surface area contributed by atoms with Gasteiger partial charge < -0.3 is 20.9 Å². The maximum Gasteiger partial charge on any atom is 0.329 e. The Labute approximate surface area is 109 Å². The van der Waals surface area contributed by atoms with E-state index in [-0.39, 0.29) is 24.2 Å². The zero-order valence-electron chi connectivity index (χ0n) is 10.3. The molecule has 2 rings (SSSR count). The lowest BCUT2D eigenvalue weighted by atomic mass is 9.90. The predicted octanol–water partition coefficient (Wildman–Crippen LogP) is 0.0274. The smallest absolute Gasteiger partial charge is 0.329 e. The second-order valence-corrected chi connectivity index (χ2v) is 4.39. The SMILES string of the molecule is Nc1cccnc1C(=O)NC1(C(=O)O)CCOCC1. The molecular formula is C12H15N3O4. The highest BCUT2D eigenvalue weighted by atomic mass is 16.5. The Hall–Kier alpha value is -2.15. The molecule has 0 aliphatic carbocycles. The number of pyridine rings is 1. The third kappa shape index (κ3) is 2.65. The van der Waals surface area contributed by atoms with Gasteiger partial charge >= 0.3 is 5.97 Å². The van der Waals surface area contributed by atoms with Crippen molar-refractivity contribution in [2.24, 2.45) is 0 Å². The summed E-state index contributed by atoms with van der Waals surface area (Å²) in [5, 5.41) is 11.9. The van der Waals surface area contributed by atoms with Crippen LogP contribution in [0.3, 0.4) is 0 Å². The standard InChI is InChI=1S/C12H15N3O4/c13-8-2-1-5-14-9(8)10(16)15-12(11(17)18)3-6-19-7-4-12/h1-2,5H,3-4,6-7,13H2,(H,15,16)(H,17,18). The van der Waals surface area contributed by atoms with E-state index in [4.69, 9.17) is 10.5 Å². The van der Waals surface area contributed by atoms with Crippen LogP contribution in [0.4, 0.5) is 5.69 Å². The number of carboxylic acid groups (broad SMARTS) is 1. The van der Waals surface area contributed by atoms with Gasteiger partial charge in [0.2, 0.25) is 0 Å². The molecule has 0 saturated carbocycles. The monoisotopic (exact) mass is 265 g/mol. The molecule has 0 spiro atoms. The first-order valence-electron chi connectivity index (χ1n) is 5.89. The lowest BCUT2D eigenvalue weighted by Gasteiger charge is -2.33. The molecule has 0 atom stereocenters. The molecule has 0 bridgehead atoms. The largest absolute Gasteiger partial charge is 0.480 e. The highest BCUT2D eigenvalue weighted by Crippen LogP contribution is 2.22. The Kier molecular flexibility index (Phi) is 3.66. The molecule has 2 heterocycles. The van der Waals surface area contributed by atoms with Crippen LogP contribution in [0.1, 0.15) is 23.3 Å². The van der Waals surface area contributed by atoms with E-state index in [0.29, 0.717) is 13.2 Å². The number of carbonyl (C=O) groups excluding carboxylic acids is 1. The molecule has 7 heteroatoms. The molecule has 0 unspecified atom stereocenters. The Morgan fingerprint density at radius 1 is 1.42 bits per heavy atom. The van der Waals surface area contributed by atoms with Gasteiger partial charge in [0.15, 0.2) is 5.69 Å². The van der Waals surface area contributed by atoms with Gasteiger partial charge in [0.25, 0.3) is 5.91 Å². The van der Waals surface area contributed by atoms with Gasteiger partial charge in [0.05, 0.1) is 5.69 Å². The van der Waals surface area contributed by atoms with Gasteiger partial charge in [-0.25, -0.2) is 9.78 Å². The molecular weight excluding hydrogens is 250 g/mol. The number of rotatable bonds is 3. The average Bonchev–Trinajstić information content (AvgIpc) is 2.40. The second-order valence-electron chi connectivity index (χ2n) is 4.39. The van der Waals surface area contributed by atoms with E-state index < -0.39 is 17.4 Å². The Morgan fingerprint density at radius 3 is 2.68 bits per heavy atom. The molecule has 1 amide bonds. The number of carbonyl (C=O) groups is 2. The molecule has 1 fully saturated rings. The molecule has 1 saturated heterocycles. The van der Waals surface area contributed by atoms with Gasteiger partial charge in [-0.1, -0.05) is 0 Å². The zero-order valence-corrected chi connectivity index (χ0v) is 10.3. The van der Waals surface area contributed by atoms with Crippen molar-refractivity contribution >= 4 is 17.6 Å². The number of anilines is 1. The molecule has 1 aromatic rings. The van der Waals surface area contributed by atoms with E-state index in [0.717, 1.165) is 0 Å². The molecule has 1 aliphatic rings. The van der Waals surface area contributed by atoms with Gasteiger partial charge in [0, 0.05) is 32.3 Å². The minimum atomic E-state index is -1.31. The predicted molar refractivity (Wildman–Crippen MR) is 66.5 cm³/mol. The fourth-order valence-electron chi connectivity index (χ4n) is 2.00. The minimum Gasteiger partial charge on any atom is -0.480 e. The van der Waals surface area contributed by atoms with Crippen LogP contribution in [-0.2, 0) is 9.53 Å². The first kappa shape index (κ1) is 13.3.